The minimum Gasteiger partial charge on any atom is -0.394 e. The van der Waals surface area contributed by atoms with E-state index >= 15 is 0 Å². The van der Waals surface area contributed by atoms with Gasteiger partial charge in [-0.2, -0.15) is 0 Å². The van der Waals surface area contributed by atoms with E-state index in [0.29, 0.717) is 63.6 Å². The first-order valence-corrected chi connectivity index (χ1v) is 37.9. The van der Waals surface area contributed by atoms with Crippen LogP contribution in [0.25, 0.3) is 33.5 Å². The fourth-order valence-electron chi connectivity index (χ4n) is 13.3. The molecule has 12 N–H and O–H groups in total. The van der Waals surface area contributed by atoms with Gasteiger partial charge in [0.25, 0.3) is 0 Å². The molecule has 0 amide bonds. The third kappa shape index (κ3) is 17.5. The standard InChI is InChI=1S/3C24H31FN6O4S/c3*1-3-8-36-24-27-22(26-16-10-14(16)13-5-4-12(2)15(25)9-13)19-23(28-24)31(30-29-19)17-11-18(35-7-6-32)21(34)20(17)33/h3*4-5,9,14,16-18,20-21,32-34H,3,6-8,10-11H2,1-2H3,(H,26,27,28)/t3*14-,16+,17+,18-,20-,21+/m000/s1/i6D2,8D2,16D;6D2,7D2,16D;8D2,16D. The van der Waals surface area contributed by atoms with Crippen molar-refractivity contribution in [2.24, 2.45) is 0 Å². The number of hydrogen-bond acceptors (Lipinski definition) is 30. The van der Waals surface area contributed by atoms with Crippen molar-refractivity contribution >= 4 is 86.2 Å². The van der Waals surface area contributed by atoms with Crippen molar-refractivity contribution in [3.05, 3.63) is 105 Å². The quantitative estimate of drug-likeness (QED) is 0.0168. The van der Waals surface area contributed by atoms with Gasteiger partial charge in [-0.3, -0.25) is 0 Å². The Kier molecular flexibility index (Phi) is 20.6. The number of rotatable bonds is 30. The Hall–Kier alpha value is -7.14. The minimum atomic E-state index is -3.36. The molecule has 18 atom stereocenters. The molecule has 108 heavy (non-hydrogen) atoms. The highest BCUT2D eigenvalue weighted by molar-refractivity contribution is 7.99. The van der Waals surface area contributed by atoms with E-state index in [9.17, 15) is 54.0 Å². The van der Waals surface area contributed by atoms with Crippen LogP contribution in [-0.2, 0) is 14.2 Å². The maximum absolute atomic E-state index is 14.2. The second-order valence-electron chi connectivity index (χ2n) is 26.8. The zero-order chi connectivity index (χ0) is 87.9. The highest BCUT2D eigenvalue weighted by Crippen LogP contribution is 2.48. The summed E-state index contributed by atoms with van der Waals surface area (Å²) >= 11 is 2.96. The molecule has 15 rings (SSSR count). The Bertz CT molecular complexity index is 5260. The molecule has 0 aliphatic heterocycles. The minimum absolute atomic E-state index is 0.0000297. The van der Waals surface area contributed by atoms with E-state index in [2.05, 4.69) is 76.8 Å². The van der Waals surface area contributed by atoms with Gasteiger partial charge < -0.3 is 76.1 Å². The van der Waals surface area contributed by atoms with Gasteiger partial charge in [0.1, 0.15) is 54.1 Å². The summed E-state index contributed by atoms with van der Waals surface area (Å²) in [5.74, 6) is -0.759. The molecule has 3 aromatic carbocycles. The molecule has 36 heteroatoms. The molecule has 6 aliphatic rings. The third-order valence-electron chi connectivity index (χ3n) is 19.4. The third-order valence-corrected chi connectivity index (χ3v) is 22.1. The van der Waals surface area contributed by atoms with Crippen LogP contribution in [0.4, 0.5) is 30.6 Å². The van der Waals surface area contributed by atoms with E-state index in [1.54, 1.807) is 71.0 Å². The van der Waals surface area contributed by atoms with E-state index in [4.69, 9.17) is 37.1 Å². The van der Waals surface area contributed by atoms with Crippen LogP contribution in [0.2, 0.25) is 0 Å². The van der Waals surface area contributed by atoms with E-state index in [1.165, 1.54) is 44.0 Å². The van der Waals surface area contributed by atoms with E-state index < -0.39 is 129 Å². The van der Waals surface area contributed by atoms with Gasteiger partial charge in [0.2, 0.25) is 0 Å². The number of hydrogen-bond donors (Lipinski definition) is 12. The number of fused-ring (bicyclic) bond motifs is 3. The lowest BCUT2D eigenvalue weighted by Crippen LogP contribution is -2.33. The van der Waals surface area contributed by atoms with Gasteiger partial charge in [0, 0.05) is 77.7 Å². The summed E-state index contributed by atoms with van der Waals surface area (Å²) in [6.07, 6.45) is -9.22. The summed E-state index contributed by atoms with van der Waals surface area (Å²) in [5, 5.41) is 127. The zero-order valence-electron chi connectivity index (χ0n) is 72.4. The number of aryl methyl sites for hydroxylation is 3. The summed E-state index contributed by atoms with van der Waals surface area (Å²) in [4.78, 5) is 27.0. The van der Waals surface area contributed by atoms with Crippen LogP contribution in [0.15, 0.2) is 70.1 Å². The molecule has 6 aromatic heterocycles. The Balaban J connectivity index is 0.000000157. The number of benzene rings is 3. The Morgan fingerprint density at radius 2 is 0.815 bits per heavy atom. The van der Waals surface area contributed by atoms with Crippen LogP contribution in [0.5, 0.6) is 0 Å². The maximum atomic E-state index is 14.2. The van der Waals surface area contributed by atoms with Gasteiger partial charge >= 0.3 is 0 Å². The Labute approximate surface area is 651 Å². The van der Waals surface area contributed by atoms with Crippen molar-refractivity contribution in [2.45, 2.75) is 224 Å². The van der Waals surface area contributed by atoms with Gasteiger partial charge in [-0.05, 0) is 111 Å². The smallest absolute Gasteiger partial charge is 0.191 e. The number of nitrogens with zero attached hydrogens (tertiary/aromatic N) is 15. The molecular weight excluding hydrogens is 1460 g/mol. The average molecular weight is 1570 g/mol. The van der Waals surface area contributed by atoms with Crippen LogP contribution < -0.4 is 16.0 Å². The van der Waals surface area contributed by atoms with Crippen molar-refractivity contribution in [3.63, 3.8) is 0 Å². The highest BCUT2D eigenvalue weighted by Gasteiger charge is 2.49. The van der Waals surface area contributed by atoms with E-state index in [-0.39, 0.29) is 142 Å². The lowest BCUT2D eigenvalue weighted by atomic mass is 10.1. The van der Waals surface area contributed by atoms with Crippen molar-refractivity contribution in [1.29, 1.82) is 0 Å². The number of thioether (sulfide) groups is 3. The normalized spacial score (nSPS) is 32.1. The van der Waals surface area contributed by atoms with Gasteiger partial charge in [0.05, 0.1) is 88.3 Å². The van der Waals surface area contributed by atoms with Crippen LogP contribution in [0.3, 0.4) is 0 Å². The number of ether oxygens (including phenoxy) is 3. The number of halogens is 3. The number of aromatic nitrogens is 15. The predicted molar refractivity (Wildman–Crippen MR) is 398 cm³/mol. The zero-order valence-corrected chi connectivity index (χ0v) is 61.8. The number of aliphatic hydroxyl groups is 9. The molecule has 9 aromatic rings. The number of anilines is 3. The highest BCUT2D eigenvalue weighted by atomic mass is 32.2. The van der Waals surface area contributed by atoms with Crippen molar-refractivity contribution in [3.8, 4) is 0 Å². The summed E-state index contributed by atoms with van der Waals surface area (Å²) < 4.78 is 166. The molecule has 0 bridgehead atoms. The van der Waals surface area contributed by atoms with Crippen molar-refractivity contribution < 1.29 is 91.2 Å². The lowest BCUT2D eigenvalue weighted by Gasteiger charge is -2.17. The van der Waals surface area contributed by atoms with Gasteiger partial charge in [-0.25, -0.2) is 57.1 Å². The molecule has 6 saturated carbocycles. The Morgan fingerprint density at radius 1 is 0.463 bits per heavy atom. The summed E-state index contributed by atoms with van der Waals surface area (Å²) in [6.45, 7) is 0.287. The van der Waals surface area contributed by atoms with Crippen LogP contribution in [0.1, 0.15) is 166 Å². The topological polar surface area (TPSA) is 415 Å². The average Bonchev–Trinajstić information content (AvgIpc) is 1.58. The van der Waals surface area contributed by atoms with Crippen LogP contribution in [-0.4, -0.2) is 250 Å². The molecule has 582 valence electrons. The maximum Gasteiger partial charge on any atom is 0.191 e. The molecule has 0 spiro atoms. The SMILES string of the molecule is [2H]C([2H])(CC)Sc1nc(N[C@]2([2H])C[C@H]2c2ccc(C)c(F)c2)c2nnn([C@@H]3C[C@H](OCCO)[C@@H](O)[C@H]3O)c2n1.[2H]C([2H])(O)C([2H])([2H])O[C@H]1C[C@@H](n2nnc3c(N[C@]4([2H])C[C@H]4c4ccc(C)c(F)c4)nc(SCCC)nc32)[C@H](O)[C@@H]1O.[2H]C([2H])(O)CO[C@H]1C[C@@H](n2nnc3c(N[C@]4([2H])C[C@H]4c4ccc(C)c(F)c4)nc(SC([2H])([2H])CC)nc32)[C@H](O)[C@@H]1O. The predicted octanol–water partition coefficient (Wildman–Crippen LogP) is 6.55. The Morgan fingerprint density at radius 3 is 1.14 bits per heavy atom. The number of nitrogens with one attached hydrogen (secondary N) is 3. The van der Waals surface area contributed by atoms with Crippen LogP contribution in [0, 0.1) is 38.2 Å². The fourth-order valence-corrected chi connectivity index (χ4v) is 15.1. The van der Waals surface area contributed by atoms with Crippen LogP contribution >= 0.6 is 35.3 Å². The summed E-state index contributed by atoms with van der Waals surface area (Å²) in [5.41, 5.74) is 1.25. The molecule has 0 radical (unpaired) electrons. The van der Waals surface area contributed by atoms with Gasteiger partial charge in [0.15, 0.2) is 66.4 Å². The number of aliphatic hydroxyl groups excluding tert-OH is 7. The second kappa shape index (κ2) is 35.1. The first-order valence-electron chi connectivity index (χ1n) is 41.8. The summed E-state index contributed by atoms with van der Waals surface area (Å²) in [6, 6.07) is 8.38. The van der Waals surface area contributed by atoms with Gasteiger partial charge in [-0.1, -0.05) is 108 Å². The first-order chi connectivity index (χ1) is 56.7. The molecule has 6 aliphatic carbocycles. The van der Waals surface area contributed by atoms with Crippen molar-refractivity contribution in [1.82, 2.24) is 74.9 Å². The molecule has 6 fully saturated rings. The molecular formula is C72H93F3N18O12S3. The first kappa shape index (κ1) is 63.5. The molecule has 0 unspecified atom stereocenters. The summed E-state index contributed by atoms with van der Waals surface area (Å²) in [7, 11) is 0. The largest absolute Gasteiger partial charge is 0.394 e. The monoisotopic (exact) mass is 1570 g/mol. The van der Waals surface area contributed by atoms with Gasteiger partial charge in [-0.15, -0.1) is 15.3 Å². The molecule has 30 nitrogen and oxygen atoms in total. The van der Waals surface area contributed by atoms with E-state index in [1.807, 2.05) is 6.92 Å². The van der Waals surface area contributed by atoms with Crippen molar-refractivity contribution in [2.75, 3.05) is 72.6 Å². The van der Waals surface area contributed by atoms with E-state index in [0.717, 1.165) is 29.9 Å². The second-order valence-corrected chi connectivity index (χ2v) is 29.6. The fraction of sp³-hybridized carbons (Fsp3) is 0.583. The lowest BCUT2D eigenvalue weighted by molar-refractivity contribution is -0.0629. The molecule has 6 heterocycles. The molecule has 0 saturated heterocycles.